The molecule has 6 atom stereocenters. The van der Waals surface area contributed by atoms with Gasteiger partial charge in [-0.15, -0.1) is 0 Å². The second-order valence-electron chi connectivity index (χ2n) is 18.7. The lowest BCUT2D eigenvalue weighted by atomic mass is 9.45. The average Bonchev–Trinajstić information content (AvgIpc) is 3.41. The quantitative estimate of drug-likeness (QED) is 0.175. The molecule has 7 rings (SSSR count). The first-order valence-corrected chi connectivity index (χ1v) is 21.5. The standard InChI is InChI=1S/C45H61N5O4S/c1-31-38-23-36(44(38,5)6)24-39(31)48-42(51)40-20-21-55(52,53)50(40)28-34-13-11-12-33(22-34)27-47-45(30-49(7)8,29-43(2,3)4)25-35-14-9-10-15-41(35)54-37-18-16-32(26-46)17-19-37/h9-19,22,31,36,38-40,47H,20-21,23-25,27-30H2,1-8H3,(H,48,51)/t31-,36+,38-,39-,40?,45+/m0/s1. The fourth-order valence-corrected chi connectivity index (χ4v) is 11.6. The smallest absolute Gasteiger partial charge is 0.238 e. The summed E-state index contributed by atoms with van der Waals surface area (Å²) in [6.07, 6.45) is 4.08. The first-order chi connectivity index (χ1) is 25.9. The summed E-state index contributed by atoms with van der Waals surface area (Å²) in [5.74, 6) is 2.85. The van der Waals surface area contributed by atoms with Crippen molar-refractivity contribution in [2.45, 2.75) is 104 Å². The molecule has 10 heteroatoms. The zero-order valence-electron chi connectivity index (χ0n) is 34.1. The van der Waals surface area contributed by atoms with Crippen molar-refractivity contribution in [1.29, 1.82) is 5.26 Å². The number of ether oxygens (including phenoxy) is 1. The van der Waals surface area contributed by atoms with Gasteiger partial charge in [0.15, 0.2) is 0 Å². The molecule has 4 aliphatic rings. The topological polar surface area (TPSA) is 115 Å². The SMILES string of the molecule is C[C@@H]1[C@@H](NC(=O)C2CCS(=O)(=O)N2Cc2cccc(CN[C@@](Cc3ccccc3Oc3ccc(C#N)cc3)(CN(C)C)CC(C)(C)C)c2)C[C@H]2C[C@@H]1C2(C)C. The van der Waals surface area contributed by atoms with Crippen molar-refractivity contribution in [3.8, 4) is 17.6 Å². The molecule has 55 heavy (non-hydrogen) atoms. The van der Waals surface area contributed by atoms with Gasteiger partial charge in [-0.25, -0.2) is 8.42 Å². The molecule has 0 spiro atoms. The van der Waals surface area contributed by atoms with Gasteiger partial charge in [-0.1, -0.05) is 84.0 Å². The minimum atomic E-state index is -3.58. The molecular weight excluding hydrogens is 707 g/mol. The molecule has 1 saturated heterocycles. The van der Waals surface area contributed by atoms with Gasteiger partial charge in [-0.2, -0.15) is 9.57 Å². The molecule has 3 saturated carbocycles. The van der Waals surface area contributed by atoms with Gasteiger partial charge >= 0.3 is 0 Å². The Hall–Kier alpha value is -3.75. The highest BCUT2D eigenvalue weighted by atomic mass is 32.2. The van der Waals surface area contributed by atoms with Crippen LogP contribution in [0.2, 0.25) is 0 Å². The Morgan fingerprint density at radius 2 is 1.73 bits per heavy atom. The van der Waals surface area contributed by atoms with Crippen LogP contribution in [0.25, 0.3) is 0 Å². The second kappa shape index (κ2) is 16.0. The Kier molecular flexibility index (Phi) is 11.9. The van der Waals surface area contributed by atoms with E-state index < -0.39 is 16.1 Å². The van der Waals surface area contributed by atoms with E-state index in [4.69, 9.17) is 4.74 Å². The number of benzene rings is 3. The summed E-state index contributed by atoms with van der Waals surface area (Å²) in [4.78, 5) is 16.0. The van der Waals surface area contributed by atoms with Crippen molar-refractivity contribution < 1.29 is 17.9 Å². The van der Waals surface area contributed by atoms with Crippen LogP contribution >= 0.6 is 0 Å². The zero-order chi connectivity index (χ0) is 39.8. The van der Waals surface area contributed by atoms with E-state index in [0.29, 0.717) is 53.9 Å². The van der Waals surface area contributed by atoms with Gasteiger partial charge in [0.1, 0.15) is 17.5 Å². The summed E-state index contributed by atoms with van der Waals surface area (Å²) in [5.41, 5.74) is 3.54. The largest absolute Gasteiger partial charge is 0.457 e. The molecule has 3 aromatic rings. The van der Waals surface area contributed by atoms with E-state index >= 15 is 0 Å². The van der Waals surface area contributed by atoms with Gasteiger partial charge in [0, 0.05) is 31.2 Å². The first-order valence-electron chi connectivity index (χ1n) is 19.9. The van der Waals surface area contributed by atoms with Gasteiger partial charge in [-0.3, -0.25) is 4.79 Å². The third-order valence-corrected chi connectivity index (χ3v) is 14.4. The van der Waals surface area contributed by atoms with Gasteiger partial charge < -0.3 is 20.3 Å². The van der Waals surface area contributed by atoms with E-state index in [2.05, 4.69) is 95.4 Å². The molecule has 0 aromatic heterocycles. The third kappa shape index (κ3) is 9.45. The number of para-hydroxylation sites is 1. The van der Waals surface area contributed by atoms with Crippen LogP contribution in [0.4, 0.5) is 0 Å². The van der Waals surface area contributed by atoms with E-state index in [9.17, 15) is 18.5 Å². The van der Waals surface area contributed by atoms with Crippen LogP contribution in [0.15, 0.2) is 72.8 Å². The minimum absolute atomic E-state index is 0.000449. The van der Waals surface area contributed by atoms with E-state index in [1.807, 2.05) is 42.5 Å². The molecule has 1 amide bonds. The maximum absolute atomic E-state index is 13.8. The molecular formula is C45H61N5O4S. The number of fused-ring (bicyclic) bond motifs is 2. The number of rotatable bonds is 14. The van der Waals surface area contributed by atoms with Gasteiger partial charge in [0.05, 0.1) is 17.4 Å². The highest BCUT2D eigenvalue weighted by Gasteiger charge is 2.57. The van der Waals surface area contributed by atoms with Crippen LogP contribution in [0.1, 0.15) is 89.5 Å². The van der Waals surface area contributed by atoms with Crippen molar-refractivity contribution in [2.24, 2.45) is 28.6 Å². The lowest BCUT2D eigenvalue weighted by Gasteiger charge is -2.62. The summed E-state index contributed by atoms with van der Waals surface area (Å²) in [6.45, 7) is 15.2. The number of hydrogen-bond acceptors (Lipinski definition) is 7. The second-order valence-corrected chi connectivity index (χ2v) is 20.7. The molecule has 3 aromatic carbocycles. The van der Waals surface area contributed by atoms with E-state index in [-0.39, 0.29) is 35.2 Å². The Morgan fingerprint density at radius 1 is 1.02 bits per heavy atom. The molecule has 2 N–H and O–H groups in total. The maximum Gasteiger partial charge on any atom is 0.238 e. The van der Waals surface area contributed by atoms with Crippen LogP contribution in [-0.4, -0.2) is 67.5 Å². The molecule has 1 heterocycles. The number of hydrogen-bond donors (Lipinski definition) is 2. The first kappa shape index (κ1) is 40.9. The van der Waals surface area contributed by atoms with Crippen molar-refractivity contribution >= 4 is 15.9 Å². The summed E-state index contributed by atoms with van der Waals surface area (Å²) in [5, 5.41) is 16.5. The highest BCUT2D eigenvalue weighted by Crippen LogP contribution is 2.61. The lowest BCUT2D eigenvalue weighted by molar-refractivity contribution is -0.136. The lowest BCUT2D eigenvalue weighted by Crippen LogP contribution is -2.61. The summed E-state index contributed by atoms with van der Waals surface area (Å²) < 4.78 is 34.7. The Balaban J connectivity index is 1.19. The molecule has 1 aliphatic heterocycles. The number of sulfonamides is 1. The monoisotopic (exact) mass is 767 g/mol. The Bertz CT molecular complexity index is 1980. The summed E-state index contributed by atoms with van der Waals surface area (Å²) in [7, 11) is 0.619. The number of amides is 1. The molecule has 1 unspecified atom stereocenters. The third-order valence-electron chi connectivity index (χ3n) is 12.5. The average molecular weight is 768 g/mol. The number of carbonyl (C=O) groups excluding carboxylic acids is 1. The van der Waals surface area contributed by atoms with E-state index in [1.54, 1.807) is 12.1 Å². The van der Waals surface area contributed by atoms with Crippen LogP contribution in [0.5, 0.6) is 11.5 Å². The Morgan fingerprint density at radius 3 is 2.38 bits per heavy atom. The molecule has 2 bridgehead atoms. The number of nitrogens with one attached hydrogen (secondary N) is 2. The van der Waals surface area contributed by atoms with E-state index in [0.717, 1.165) is 41.8 Å². The summed E-state index contributed by atoms with van der Waals surface area (Å²) >= 11 is 0. The van der Waals surface area contributed by atoms with Crippen molar-refractivity contribution in [2.75, 3.05) is 26.4 Å². The predicted molar refractivity (Wildman–Crippen MR) is 219 cm³/mol. The van der Waals surface area contributed by atoms with Crippen molar-refractivity contribution in [3.63, 3.8) is 0 Å². The maximum atomic E-state index is 13.8. The molecule has 3 aliphatic carbocycles. The molecule has 0 radical (unpaired) electrons. The van der Waals surface area contributed by atoms with Crippen LogP contribution in [0.3, 0.4) is 0 Å². The number of nitriles is 1. The fraction of sp³-hybridized carbons (Fsp3) is 0.556. The van der Waals surface area contributed by atoms with Gasteiger partial charge in [0.2, 0.25) is 15.9 Å². The van der Waals surface area contributed by atoms with Gasteiger partial charge in [-0.05, 0) is 122 Å². The van der Waals surface area contributed by atoms with Crippen LogP contribution in [0, 0.1) is 39.9 Å². The molecule has 296 valence electrons. The number of nitrogens with zero attached hydrogens (tertiary/aromatic N) is 3. The normalized spacial score (nSPS) is 25.4. The number of carbonyl (C=O) groups is 1. The van der Waals surface area contributed by atoms with Crippen LogP contribution in [-0.2, 0) is 34.3 Å². The van der Waals surface area contributed by atoms with Gasteiger partial charge in [0.25, 0.3) is 0 Å². The fourth-order valence-electron chi connectivity index (χ4n) is 9.93. The zero-order valence-corrected chi connectivity index (χ0v) is 34.9. The Labute approximate surface area is 329 Å². The molecule has 4 fully saturated rings. The van der Waals surface area contributed by atoms with Crippen molar-refractivity contribution in [1.82, 2.24) is 19.8 Å². The van der Waals surface area contributed by atoms with Crippen LogP contribution < -0.4 is 15.4 Å². The summed E-state index contributed by atoms with van der Waals surface area (Å²) in [6, 6.07) is 25.0. The number of likely N-dealkylation sites (N-methyl/N-ethyl adjacent to an activating group) is 1. The minimum Gasteiger partial charge on any atom is -0.457 e. The molecule has 9 nitrogen and oxygen atoms in total. The van der Waals surface area contributed by atoms with E-state index in [1.165, 1.54) is 10.7 Å². The predicted octanol–water partition coefficient (Wildman–Crippen LogP) is 7.51. The van der Waals surface area contributed by atoms with Crippen molar-refractivity contribution in [3.05, 3.63) is 95.1 Å². The highest BCUT2D eigenvalue weighted by molar-refractivity contribution is 7.89.